The molecule has 2 aromatic rings. The molecule has 2 rings (SSSR count). The van der Waals surface area contributed by atoms with Crippen molar-refractivity contribution in [2.75, 3.05) is 0 Å². The highest BCUT2D eigenvalue weighted by Gasteiger charge is 2.29. The zero-order valence-electron chi connectivity index (χ0n) is 9.91. The van der Waals surface area contributed by atoms with Gasteiger partial charge in [0, 0.05) is 6.54 Å². The van der Waals surface area contributed by atoms with Gasteiger partial charge in [-0.15, -0.1) is 0 Å². The second-order valence-electron chi connectivity index (χ2n) is 4.07. The van der Waals surface area contributed by atoms with Crippen LogP contribution < -0.4 is 5.48 Å². The molecule has 2 N–H and O–H groups in total. The number of hydroxylamine groups is 1. The molecule has 0 aromatic heterocycles. The maximum absolute atomic E-state index is 12.5. The van der Waals surface area contributed by atoms with Crippen molar-refractivity contribution in [3.8, 4) is 11.1 Å². The summed E-state index contributed by atoms with van der Waals surface area (Å²) in [5.74, 6) is 0. The van der Waals surface area contributed by atoms with E-state index >= 15 is 0 Å². The lowest BCUT2D eigenvalue weighted by Crippen LogP contribution is -2.07. The summed E-state index contributed by atoms with van der Waals surface area (Å²) in [7, 11) is 0. The van der Waals surface area contributed by atoms with Crippen LogP contribution >= 0.6 is 0 Å². The Balaban J connectivity index is 2.37. The predicted octanol–water partition coefficient (Wildman–Crippen LogP) is 3.85. The van der Waals surface area contributed by atoms with Crippen LogP contribution in [-0.2, 0) is 12.7 Å². The van der Waals surface area contributed by atoms with E-state index in [0.29, 0.717) is 5.56 Å². The average molecular weight is 267 g/mol. The highest BCUT2D eigenvalue weighted by molar-refractivity contribution is 5.67. The van der Waals surface area contributed by atoms with Gasteiger partial charge in [-0.1, -0.05) is 36.4 Å². The second kappa shape index (κ2) is 5.42. The molecule has 0 aliphatic carbocycles. The van der Waals surface area contributed by atoms with E-state index in [0.717, 1.165) is 23.3 Å². The molecule has 5 heteroatoms. The average Bonchev–Trinajstić information content (AvgIpc) is 2.39. The highest BCUT2D eigenvalue weighted by atomic mass is 19.4. The summed E-state index contributed by atoms with van der Waals surface area (Å²) in [6.45, 7) is 0.233. The number of hydrogen-bond donors (Lipinski definition) is 2. The smallest absolute Gasteiger partial charge is 0.316 e. The van der Waals surface area contributed by atoms with E-state index in [-0.39, 0.29) is 6.54 Å². The van der Waals surface area contributed by atoms with Gasteiger partial charge in [0.1, 0.15) is 0 Å². The summed E-state index contributed by atoms with van der Waals surface area (Å²) in [4.78, 5) is 0. The summed E-state index contributed by atoms with van der Waals surface area (Å²) < 4.78 is 37.4. The van der Waals surface area contributed by atoms with E-state index in [2.05, 4.69) is 0 Å². The molecular weight excluding hydrogens is 255 g/mol. The molecule has 0 aliphatic rings. The lowest BCUT2D eigenvalue weighted by molar-refractivity contribution is -0.137. The van der Waals surface area contributed by atoms with E-state index in [4.69, 9.17) is 5.21 Å². The van der Waals surface area contributed by atoms with Crippen molar-refractivity contribution in [1.29, 1.82) is 0 Å². The molecule has 0 saturated heterocycles. The third-order valence-corrected chi connectivity index (χ3v) is 2.81. The lowest BCUT2D eigenvalue weighted by atomic mass is 9.98. The molecule has 2 nitrogen and oxygen atoms in total. The van der Waals surface area contributed by atoms with E-state index in [1.807, 2.05) is 5.48 Å². The van der Waals surface area contributed by atoms with Crippen LogP contribution in [0.4, 0.5) is 13.2 Å². The molecule has 0 bridgehead atoms. The van der Waals surface area contributed by atoms with E-state index in [1.54, 1.807) is 24.3 Å². The van der Waals surface area contributed by atoms with Crippen molar-refractivity contribution in [3.05, 3.63) is 59.7 Å². The normalized spacial score (nSPS) is 11.6. The number of rotatable bonds is 3. The fraction of sp³-hybridized carbons (Fsp3) is 0.143. The molecular formula is C14H12F3NO. The SMILES string of the molecule is ONCc1ccccc1-c1ccc(C(F)(F)F)cc1. The molecule has 0 atom stereocenters. The topological polar surface area (TPSA) is 32.3 Å². The number of alkyl halides is 3. The Hall–Kier alpha value is -1.85. The number of halogens is 3. The van der Waals surface area contributed by atoms with Crippen LogP contribution in [0.25, 0.3) is 11.1 Å². The van der Waals surface area contributed by atoms with Crippen molar-refractivity contribution < 1.29 is 18.4 Å². The summed E-state index contributed by atoms with van der Waals surface area (Å²) in [6.07, 6.45) is -4.33. The van der Waals surface area contributed by atoms with Crippen LogP contribution in [0.3, 0.4) is 0 Å². The van der Waals surface area contributed by atoms with Gasteiger partial charge in [0.15, 0.2) is 0 Å². The zero-order valence-corrected chi connectivity index (χ0v) is 9.91. The first-order valence-electron chi connectivity index (χ1n) is 5.65. The summed E-state index contributed by atoms with van der Waals surface area (Å²) >= 11 is 0. The van der Waals surface area contributed by atoms with E-state index in [9.17, 15) is 13.2 Å². The minimum absolute atomic E-state index is 0.233. The molecule has 100 valence electrons. The summed E-state index contributed by atoms with van der Waals surface area (Å²) in [6, 6.07) is 12.2. The first kappa shape index (κ1) is 13.6. The summed E-state index contributed by atoms with van der Waals surface area (Å²) in [5, 5.41) is 8.74. The van der Waals surface area contributed by atoms with Gasteiger partial charge in [-0.25, -0.2) is 5.48 Å². The molecule has 0 aliphatic heterocycles. The summed E-state index contributed by atoms with van der Waals surface area (Å²) in [5.41, 5.74) is 3.66. The monoisotopic (exact) mass is 267 g/mol. The largest absolute Gasteiger partial charge is 0.416 e. The van der Waals surface area contributed by atoms with Gasteiger partial charge in [0.25, 0.3) is 0 Å². The molecule has 0 amide bonds. The quantitative estimate of drug-likeness (QED) is 0.828. The molecule has 2 aromatic carbocycles. The third kappa shape index (κ3) is 3.13. The molecule has 0 radical (unpaired) electrons. The number of benzene rings is 2. The van der Waals surface area contributed by atoms with E-state index < -0.39 is 11.7 Å². The maximum Gasteiger partial charge on any atom is 0.416 e. The lowest BCUT2D eigenvalue weighted by Gasteiger charge is -2.11. The Bertz CT molecular complexity index is 549. The predicted molar refractivity (Wildman–Crippen MR) is 65.5 cm³/mol. The van der Waals surface area contributed by atoms with Gasteiger partial charge in [-0.05, 0) is 28.8 Å². The van der Waals surface area contributed by atoms with Crippen LogP contribution in [0, 0.1) is 0 Å². The van der Waals surface area contributed by atoms with Gasteiger partial charge in [-0.3, -0.25) is 0 Å². The Morgan fingerprint density at radius 1 is 0.947 bits per heavy atom. The molecule has 19 heavy (non-hydrogen) atoms. The van der Waals surface area contributed by atoms with Crippen molar-refractivity contribution in [2.45, 2.75) is 12.7 Å². The molecule has 0 spiro atoms. The maximum atomic E-state index is 12.5. The van der Waals surface area contributed by atoms with Crippen molar-refractivity contribution in [3.63, 3.8) is 0 Å². The number of nitrogens with one attached hydrogen (secondary N) is 1. The van der Waals surface area contributed by atoms with Crippen LogP contribution in [0.5, 0.6) is 0 Å². The van der Waals surface area contributed by atoms with E-state index in [1.165, 1.54) is 12.1 Å². The van der Waals surface area contributed by atoms with Crippen LogP contribution in [0.2, 0.25) is 0 Å². The van der Waals surface area contributed by atoms with Crippen molar-refractivity contribution in [2.24, 2.45) is 0 Å². The van der Waals surface area contributed by atoms with Gasteiger partial charge in [0.2, 0.25) is 0 Å². The van der Waals surface area contributed by atoms with Gasteiger partial charge in [0.05, 0.1) is 5.56 Å². The zero-order chi connectivity index (χ0) is 13.9. The third-order valence-electron chi connectivity index (χ3n) is 2.81. The fourth-order valence-electron chi connectivity index (χ4n) is 1.88. The Kier molecular flexibility index (Phi) is 3.87. The molecule has 0 unspecified atom stereocenters. The van der Waals surface area contributed by atoms with Crippen LogP contribution in [-0.4, -0.2) is 5.21 Å². The Morgan fingerprint density at radius 2 is 1.58 bits per heavy atom. The number of hydrogen-bond acceptors (Lipinski definition) is 2. The second-order valence-corrected chi connectivity index (χ2v) is 4.07. The van der Waals surface area contributed by atoms with Crippen molar-refractivity contribution >= 4 is 0 Å². The van der Waals surface area contributed by atoms with Gasteiger partial charge < -0.3 is 5.21 Å². The molecule has 0 heterocycles. The Morgan fingerprint density at radius 3 is 2.16 bits per heavy atom. The molecule has 0 saturated carbocycles. The minimum atomic E-state index is -4.33. The first-order chi connectivity index (χ1) is 9.02. The molecule has 0 fully saturated rings. The van der Waals surface area contributed by atoms with Crippen molar-refractivity contribution in [1.82, 2.24) is 5.48 Å². The Labute approximate surface area is 108 Å². The van der Waals surface area contributed by atoms with Gasteiger partial charge in [-0.2, -0.15) is 13.2 Å². The van der Waals surface area contributed by atoms with Gasteiger partial charge >= 0.3 is 6.18 Å². The first-order valence-corrected chi connectivity index (χ1v) is 5.65. The van der Waals surface area contributed by atoms with Crippen LogP contribution in [0.1, 0.15) is 11.1 Å². The standard InChI is InChI=1S/C14H12F3NO/c15-14(16,17)12-7-5-10(6-8-12)13-4-2-1-3-11(13)9-18-19/h1-8,18-19H,9H2. The minimum Gasteiger partial charge on any atom is -0.316 e. The highest BCUT2D eigenvalue weighted by Crippen LogP contribution is 2.31. The van der Waals surface area contributed by atoms with Crippen LogP contribution in [0.15, 0.2) is 48.5 Å². The fourth-order valence-corrected chi connectivity index (χ4v) is 1.88.